The van der Waals surface area contributed by atoms with Crippen molar-refractivity contribution in [2.24, 2.45) is 0 Å². The Hall–Kier alpha value is -2.37. The number of fused-ring (bicyclic) bond motifs is 1. The first kappa shape index (κ1) is 16.5. The van der Waals surface area contributed by atoms with Crippen LogP contribution in [0.5, 0.6) is 0 Å². The monoisotopic (exact) mass is 317 g/mol. The molecule has 0 fully saturated rings. The second kappa shape index (κ2) is 6.26. The normalized spacial score (nSPS) is 12.9. The number of allylic oxidation sites excluding steroid dienone is 1. The Labute approximate surface area is 144 Å². The highest BCUT2D eigenvalue weighted by molar-refractivity contribution is 5.73. The van der Waals surface area contributed by atoms with Gasteiger partial charge in [0.05, 0.1) is 5.69 Å². The Kier molecular flexibility index (Phi) is 4.30. The van der Waals surface area contributed by atoms with E-state index < -0.39 is 5.60 Å². The molecule has 1 aliphatic rings. The van der Waals surface area contributed by atoms with Crippen LogP contribution in [0.2, 0.25) is 0 Å². The van der Waals surface area contributed by atoms with Gasteiger partial charge in [0.1, 0.15) is 11.3 Å². The average Bonchev–Trinajstić information content (AvgIpc) is 2.99. The van der Waals surface area contributed by atoms with Gasteiger partial charge in [0.2, 0.25) is 0 Å². The van der Waals surface area contributed by atoms with Crippen molar-refractivity contribution in [2.45, 2.75) is 45.6 Å². The average molecular weight is 317 g/mol. The minimum Gasteiger partial charge on any atom is -0.378 e. The quantitative estimate of drug-likeness (QED) is 0.823. The zero-order valence-corrected chi connectivity index (χ0v) is 14.7. The fourth-order valence-electron chi connectivity index (χ4n) is 2.86. The van der Waals surface area contributed by atoms with Crippen molar-refractivity contribution in [3.63, 3.8) is 0 Å². The van der Waals surface area contributed by atoms with Crippen LogP contribution >= 0.6 is 0 Å². The Balaban J connectivity index is 2.05. The lowest BCUT2D eigenvalue weighted by atomic mass is 9.95. The molecule has 1 heterocycles. The summed E-state index contributed by atoms with van der Waals surface area (Å²) < 4.78 is 0. The molecule has 0 radical (unpaired) electrons. The lowest BCUT2D eigenvalue weighted by Gasteiger charge is -2.14. The van der Waals surface area contributed by atoms with Gasteiger partial charge in [-0.25, -0.2) is 4.98 Å². The zero-order chi connectivity index (χ0) is 17.3. The number of aliphatic hydroxyl groups is 1. The molecule has 0 atom stereocenters. The van der Waals surface area contributed by atoms with Crippen LogP contribution in [0.25, 0.3) is 17.2 Å². The van der Waals surface area contributed by atoms with E-state index in [0.29, 0.717) is 11.6 Å². The molecule has 0 saturated carbocycles. The van der Waals surface area contributed by atoms with Crippen molar-refractivity contribution in [3.8, 4) is 23.0 Å². The minimum atomic E-state index is -1.01. The maximum Gasteiger partial charge on any atom is 0.120 e. The first-order valence-corrected chi connectivity index (χ1v) is 8.40. The molecule has 24 heavy (non-hydrogen) atoms. The van der Waals surface area contributed by atoms with Crippen LogP contribution in [0.4, 0.5) is 0 Å². The van der Waals surface area contributed by atoms with Crippen LogP contribution in [0, 0.1) is 11.8 Å². The number of nitrogens with zero attached hydrogens (tertiary/aromatic N) is 1. The first-order chi connectivity index (χ1) is 11.3. The smallest absolute Gasteiger partial charge is 0.120 e. The molecule has 0 spiro atoms. The Bertz CT molecular complexity index is 858. The molecule has 2 nitrogen and oxygen atoms in total. The van der Waals surface area contributed by atoms with E-state index in [0.717, 1.165) is 17.7 Å². The van der Waals surface area contributed by atoms with E-state index in [9.17, 15) is 5.11 Å². The van der Waals surface area contributed by atoms with E-state index >= 15 is 0 Å². The molecule has 122 valence electrons. The summed E-state index contributed by atoms with van der Waals surface area (Å²) in [6.45, 7) is 7.64. The zero-order valence-electron chi connectivity index (χ0n) is 14.7. The van der Waals surface area contributed by atoms with E-state index in [4.69, 9.17) is 4.98 Å². The van der Waals surface area contributed by atoms with Crippen LogP contribution in [-0.4, -0.2) is 15.7 Å². The first-order valence-electron chi connectivity index (χ1n) is 8.40. The highest BCUT2D eigenvalue weighted by Crippen LogP contribution is 2.31. The van der Waals surface area contributed by atoms with Gasteiger partial charge < -0.3 is 5.11 Å². The third-order valence-electron chi connectivity index (χ3n) is 4.06. The van der Waals surface area contributed by atoms with E-state index in [1.807, 2.05) is 6.07 Å². The molecule has 2 aromatic rings. The number of rotatable bonds is 2. The van der Waals surface area contributed by atoms with E-state index in [1.54, 1.807) is 13.8 Å². The second-order valence-electron chi connectivity index (χ2n) is 7.11. The molecule has 2 heteroatoms. The fourth-order valence-corrected chi connectivity index (χ4v) is 2.86. The molecule has 0 aliphatic heterocycles. The van der Waals surface area contributed by atoms with Gasteiger partial charge in [-0.2, -0.15) is 0 Å². The lowest BCUT2D eigenvalue weighted by molar-refractivity contribution is 0.143. The highest BCUT2D eigenvalue weighted by atomic mass is 16.3. The molecule has 1 aromatic carbocycles. The summed E-state index contributed by atoms with van der Waals surface area (Å²) in [5, 5.41) is 9.77. The third-order valence-corrected chi connectivity index (χ3v) is 4.06. The maximum atomic E-state index is 9.77. The molecule has 3 rings (SSSR count). The summed E-state index contributed by atoms with van der Waals surface area (Å²) in [4.78, 5) is 4.74. The van der Waals surface area contributed by atoms with Gasteiger partial charge in [0, 0.05) is 5.56 Å². The van der Waals surface area contributed by atoms with Crippen molar-refractivity contribution in [2.75, 3.05) is 0 Å². The van der Waals surface area contributed by atoms with Crippen molar-refractivity contribution in [1.29, 1.82) is 0 Å². The van der Waals surface area contributed by atoms with Crippen LogP contribution in [-0.2, 0) is 6.42 Å². The standard InChI is InChI=1S/C22H23NO/c1-15(2)21-20(11-10-19(23-21)12-13-22(3,4)24)18-9-8-16-6-5-7-17(16)14-18/h5,7-11,14-15,24H,6H2,1-4H3. The van der Waals surface area contributed by atoms with Gasteiger partial charge in [-0.15, -0.1) is 0 Å². The van der Waals surface area contributed by atoms with Crippen molar-refractivity contribution >= 4 is 6.08 Å². The molecule has 1 aromatic heterocycles. The van der Waals surface area contributed by atoms with Gasteiger partial charge in [-0.1, -0.05) is 44.1 Å². The van der Waals surface area contributed by atoms with E-state index in [1.165, 1.54) is 16.7 Å². The number of hydrogen-bond donors (Lipinski definition) is 1. The summed E-state index contributed by atoms with van der Waals surface area (Å²) in [5.74, 6) is 6.11. The Morgan fingerprint density at radius 1 is 1.17 bits per heavy atom. The fraction of sp³-hybridized carbons (Fsp3) is 0.318. The van der Waals surface area contributed by atoms with Gasteiger partial charge in [0.15, 0.2) is 0 Å². The van der Waals surface area contributed by atoms with Crippen LogP contribution in [0.3, 0.4) is 0 Å². The van der Waals surface area contributed by atoms with Crippen molar-refractivity contribution < 1.29 is 5.11 Å². The minimum absolute atomic E-state index is 0.299. The molecule has 0 unspecified atom stereocenters. The van der Waals surface area contributed by atoms with Crippen molar-refractivity contribution in [1.82, 2.24) is 4.98 Å². The van der Waals surface area contributed by atoms with Crippen LogP contribution < -0.4 is 0 Å². The maximum absolute atomic E-state index is 9.77. The Morgan fingerprint density at radius 3 is 2.67 bits per heavy atom. The predicted octanol–water partition coefficient (Wildman–Crippen LogP) is 4.56. The highest BCUT2D eigenvalue weighted by Gasteiger charge is 2.14. The van der Waals surface area contributed by atoms with E-state index in [-0.39, 0.29) is 0 Å². The molecule has 1 N–H and O–H groups in total. The largest absolute Gasteiger partial charge is 0.378 e. The molecular weight excluding hydrogens is 294 g/mol. The van der Waals surface area contributed by atoms with Gasteiger partial charge in [-0.05, 0) is 67.0 Å². The summed E-state index contributed by atoms with van der Waals surface area (Å²) in [6.07, 6.45) is 5.41. The molecule has 0 saturated heterocycles. The molecular formula is C22H23NO. The molecule has 0 bridgehead atoms. The van der Waals surface area contributed by atoms with Gasteiger partial charge >= 0.3 is 0 Å². The third kappa shape index (κ3) is 3.58. The lowest BCUT2D eigenvalue weighted by Crippen LogP contribution is -2.14. The van der Waals surface area contributed by atoms with Gasteiger partial charge in [-0.3, -0.25) is 0 Å². The molecule has 0 amide bonds. The summed E-state index contributed by atoms with van der Waals surface area (Å²) in [7, 11) is 0. The van der Waals surface area contributed by atoms with Crippen LogP contribution in [0.15, 0.2) is 36.4 Å². The SMILES string of the molecule is CC(C)c1nc(C#CC(C)(C)O)ccc1-c1ccc2c(c1)C=CC2. The van der Waals surface area contributed by atoms with Crippen molar-refractivity contribution in [3.05, 3.63) is 58.9 Å². The topological polar surface area (TPSA) is 33.1 Å². The predicted molar refractivity (Wildman–Crippen MR) is 99.7 cm³/mol. The molecule has 1 aliphatic carbocycles. The van der Waals surface area contributed by atoms with E-state index in [2.05, 4.69) is 62.1 Å². The summed E-state index contributed by atoms with van der Waals surface area (Å²) in [6, 6.07) is 10.7. The summed E-state index contributed by atoms with van der Waals surface area (Å²) >= 11 is 0. The summed E-state index contributed by atoms with van der Waals surface area (Å²) in [5.41, 5.74) is 5.76. The van der Waals surface area contributed by atoms with Gasteiger partial charge in [0.25, 0.3) is 0 Å². The number of aromatic nitrogens is 1. The number of hydrogen-bond acceptors (Lipinski definition) is 2. The number of pyridine rings is 1. The Morgan fingerprint density at radius 2 is 1.96 bits per heavy atom. The van der Waals surface area contributed by atoms with Crippen LogP contribution in [0.1, 0.15) is 56.1 Å². The number of benzene rings is 1. The second-order valence-corrected chi connectivity index (χ2v) is 7.11.